The number of carbonyl (C=O) groups is 2. The van der Waals surface area contributed by atoms with Crippen molar-refractivity contribution in [2.75, 3.05) is 18.6 Å². The molecule has 9 nitrogen and oxygen atoms in total. The van der Waals surface area contributed by atoms with Crippen molar-refractivity contribution >= 4 is 17.5 Å². The Kier molecular flexibility index (Phi) is 5.83. The fourth-order valence-electron chi connectivity index (χ4n) is 3.32. The number of hydrogen-bond donors (Lipinski definition) is 2. The molecule has 0 saturated carbocycles. The smallest absolute Gasteiger partial charge is 0.267 e. The minimum atomic E-state index is -0.580. The van der Waals surface area contributed by atoms with Gasteiger partial charge in [0.2, 0.25) is 5.91 Å². The molecule has 4 rings (SSSR count). The van der Waals surface area contributed by atoms with Gasteiger partial charge in [-0.25, -0.2) is 4.98 Å². The van der Waals surface area contributed by atoms with Gasteiger partial charge in [-0.2, -0.15) is 5.10 Å². The van der Waals surface area contributed by atoms with Crippen molar-refractivity contribution in [1.82, 2.24) is 20.5 Å². The van der Waals surface area contributed by atoms with E-state index in [2.05, 4.69) is 20.5 Å². The Labute approximate surface area is 179 Å². The van der Waals surface area contributed by atoms with Crippen molar-refractivity contribution < 1.29 is 19.1 Å². The topological polar surface area (TPSA) is 109 Å². The van der Waals surface area contributed by atoms with Gasteiger partial charge in [0, 0.05) is 18.5 Å². The average molecular weight is 421 g/mol. The summed E-state index contributed by atoms with van der Waals surface area (Å²) >= 11 is 0. The summed E-state index contributed by atoms with van der Waals surface area (Å²) < 4.78 is 10.8. The average Bonchev–Trinajstić information content (AvgIpc) is 3.27. The standard InChI is InChI=1S/C22H23N5O4/c1-14-22(29)27(17-5-3-4-6-18(17)31-14)12-11-20(28)23-13-19-24-21(26-25-19)15-7-9-16(30-2)10-8-15/h3-10,14H,11-13H2,1-2H3,(H,23,28)(H,24,25,26). The molecule has 9 heteroatoms. The minimum Gasteiger partial charge on any atom is -0.497 e. The van der Waals surface area contributed by atoms with Crippen LogP contribution in [0.25, 0.3) is 11.4 Å². The lowest BCUT2D eigenvalue weighted by Gasteiger charge is -2.32. The maximum absolute atomic E-state index is 12.5. The van der Waals surface area contributed by atoms with E-state index in [-0.39, 0.29) is 31.3 Å². The summed E-state index contributed by atoms with van der Waals surface area (Å²) in [5.74, 6) is 2.12. The van der Waals surface area contributed by atoms with Crippen LogP contribution >= 0.6 is 0 Å². The molecule has 0 aliphatic carbocycles. The molecular formula is C22H23N5O4. The molecule has 0 spiro atoms. The third-order valence-electron chi connectivity index (χ3n) is 4.97. The number of nitrogens with zero attached hydrogens (tertiary/aromatic N) is 3. The van der Waals surface area contributed by atoms with E-state index in [1.54, 1.807) is 18.9 Å². The number of H-pyrrole nitrogens is 1. The Hall–Kier alpha value is -3.88. The molecule has 1 atom stereocenters. The van der Waals surface area contributed by atoms with Gasteiger partial charge in [-0.05, 0) is 43.3 Å². The largest absolute Gasteiger partial charge is 0.497 e. The van der Waals surface area contributed by atoms with E-state index in [1.807, 2.05) is 48.5 Å². The van der Waals surface area contributed by atoms with Gasteiger partial charge >= 0.3 is 0 Å². The number of nitrogens with one attached hydrogen (secondary N) is 2. The third-order valence-corrected chi connectivity index (χ3v) is 4.97. The molecule has 0 fully saturated rings. The van der Waals surface area contributed by atoms with Gasteiger partial charge in [-0.1, -0.05) is 12.1 Å². The first-order valence-electron chi connectivity index (χ1n) is 9.94. The quantitative estimate of drug-likeness (QED) is 0.606. The number of para-hydroxylation sites is 2. The number of amides is 2. The lowest BCUT2D eigenvalue weighted by atomic mass is 10.1. The number of anilines is 1. The minimum absolute atomic E-state index is 0.159. The lowest BCUT2D eigenvalue weighted by Crippen LogP contribution is -2.45. The predicted octanol–water partition coefficient (Wildman–Crippen LogP) is 2.30. The zero-order valence-electron chi connectivity index (χ0n) is 17.3. The summed E-state index contributed by atoms with van der Waals surface area (Å²) in [6.07, 6.45) is -0.421. The highest BCUT2D eigenvalue weighted by Gasteiger charge is 2.31. The predicted molar refractivity (Wildman–Crippen MR) is 114 cm³/mol. The molecule has 0 radical (unpaired) electrons. The third kappa shape index (κ3) is 4.50. The van der Waals surface area contributed by atoms with Gasteiger partial charge in [-0.15, -0.1) is 0 Å². The van der Waals surface area contributed by atoms with Gasteiger partial charge in [0.05, 0.1) is 19.3 Å². The number of aromatic nitrogens is 3. The molecule has 1 aliphatic heterocycles. The Morgan fingerprint density at radius 3 is 2.77 bits per heavy atom. The van der Waals surface area contributed by atoms with Crippen molar-refractivity contribution in [1.29, 1.82) is 0 Å². The highest BCUT2D eigenvalue weighted by Crippen LogP contribution is 2.33. The summed E-state index contributed by atoms with van der Waals surface area (Å²) in [6.45, 7) is 2.19. The van der Waals surface area contributed by atoms with Gasteiger partial charge in [0.1, 0.15) is 17.3 Å². The normalized spacial score (nSPS) is 15.2. The first-order valence-corrected chi connectivity index (χ1v) is 9.94. The van der Waals surface area contributed by atoms with E-state index in [9.17, 15) is 9.59 Å². The number of ether oxygens (including phenoxy) is 2. The van der Waals surface area contributed by atoms with Gasteiger partial charge < -0.3 is 19.7 Å². The van der Waals surface area contributed by atoms with Crippen molar-refractivity contribution in [3.8, 4) is 22.9 Å². The monoisotopic (exact) mass is 421 g/mol. The molecule has 2 N–H and O–H groups in total. The zero-order chi connectivity index (χ0) is 21.8. The number of benzene rings is 2. The Morgan fingerprint density at radius 2 is 2.00 bits per heavy atom. The van der Waals surface area contributed by atoms with Crippen molar-refractivity contribution in [3.05, 3.63) is 54.4 Å². The molecule has 1 unspecified atom stereocenters. The van der Waals surface area contributed by atoms with Crippen molar-refractivity contribution in [2.24, 2.45) is 0 Å². The van der Waals surface area contributed by atoms with E-state index >= 15 is 0 Å². The molecule has 3 aromatic rings. The van der Waals surface area contributed by atoms with Crippen LogP contribution in [0.3, 0.4) is 0 Å². The molecule has 160 valence electrons. The Bertz CT molecular complexity index is 1080. The summed E-state index contributed by atoms with van der Waals surface area (Å²) in [4.78, 5) is 30.8. The molecule has 0 saturated heterocycles. The molecule has 2 amide bonds. The van der Waals surface area contributed by atoms with Crippen LogP contribution in [-0.4, -0.2) is 46.8 Å². The lowest BCUT2D eigenvalue weighted by molar-refractivity contribution is -0.125. The summed E-state index contributed by atoms with van der Waals surface area (Å²) in [5, 5.41) is 9.83. The molecule has 31 heavy (non-hydrogen) atoms. The van der Waals surface area contributed by atoms with E-state index < -0.39 is 6.10 Å². The van der Waals surface area contributed by atoms with Crippen LogP contribution in [0.2, 0.25) is 0 Å². The highest BCUT2D eigenvalue weighted by molar-refractivity contribution is 6.00. The van der Waals surface area contributed by atoms with Crippen molar-refractivity contribution in [2.45, 2.75) is 26.0 Å². The van der Waals surface area contributed by atoms with Crippen LogP contribution in [0.4, 0.5) is 5.69 Å². The first kappa shape index (κ1) is 20.4. The second-order valence-corrected chi connectivity index (χ2v) is 7.08. The number of carbonyl (C=O) groups excluding carboxylic acids is 2. The van der Waals surface area contributed by atoms with Gasteiger partial charge in [-0.3, -0.25) is 14.7 Å². The van der Waals surface area contributed by atoms with Crippen LogP contribution < -0.4 is 19.7 Å². The molecular weight excluding hydrogens is 398 g/mol. The molecule has 1 aromatic heterocycles. The molecule has 2 aromatic carbocycles. The number of fused-ring (bicyclic) bond motifs is 1. The van der Waals surface area contributed by atoms with Crippen LogP contribution in [-0.2, 0) is 16.1 Å². The summed E-state index contributed by atoms with van der Waals surface area (Å²) in [7, 11) is 1.61. The van der Waals surface area contributed by atoms with Gasteiger partial charge in [0.15, 0.2) is 11.9 Å². The van der Waals surface area contributed by atoms with Crippen LogP contribution in [0.5, 0.6) is 11.5 Å². The number of methoxy groups -OCH3 is 1. The van der Waals surface area contributed by atoms with E-state index in [1.165, 1.54) is 0 Å². The summed E-state index contributed by atoms with van der Waals surface area (Å²) in [5.41, 5.74) is 1.52. The zero-order valence-corrected chi connectivity index (χ0v) is 17.3. The second kappa shape index (κ2) is 8.86. The number of hydrogen-bond acceptors (Lipinski definition) is 6. The first-order chi connectivity index (χ1) is 15.0. The second-order valence-electron chi connectivity index (χ2n) is 7.08. The van der Waals surface area contributed by atoms with E-state index in [4.69, 9.17) is 9.47 Å². The van der Waals surface area contributed by atoms with Crippen LogP contribution in [0.1, 0.15) is 19.2 Å². The van der Waals surface area contributed by atoms with E-state index in [0.29, 0.717) is 23.1 Å². The molecule has 1 aliphatic rings. The highest BCUT2D eigenvalue weighted by atomic mass is 16.5. The summed E-state index contributed by atoms with van der Waals surface area (Å²) in [6, 6.07) is 14.7. The molecule has 2 heterocycles. The maximum Gasteiger partial charge on any atom is 0.267 e. The number of rotatable bonds is 7. The van der Waals surface area contributed by atoms with Gasteiger partial charge in [0.25, 0.3) is 5.91 Å². The number of aromatic amines is 1. The SMILES string of the molecule is COc1ccc(-c2n[nH]c(CNC(=O)CCN3C(=O)C(C)Oc4ccccc43)n2)cc1. The Morgan fingerprint density at radius 1 is 1.23 bits per heavy atom. The Balaban J connectivity index is 1.32. The van der Waals surface area contributed by atoms with Crippen LogP contribution in [0, 0.1) is 0 Å². The van der Waals surface area contributed by atoms with Crippen LogP contribution in [0.15, 0.2) is 48.5 Å². The van der Waals surface area contributed by atoms with E-state index in [0.717, 1.165) is 11.3 Å². The molecule has 0 bridgehead atoms. The van der Waals surface area contributed by atoms with Crippen molar-refractivity contribution in [3.63, 3.8) is 0 Å². The fraction of sp³-hybridized carbons (Fsp3) is 0.273. The maximum atomic E-state index is 12.5. The fourth-order valence-corrected chi connectivity index (χ4v) is 3.32.